The van der Waals surface area contributed by atoms with Crippen molar-refractivity contribution in [2.75, 3.05) is 38.0 Å². The summed E-state index contributed by atoms with van der Waals surface area (Å²) in [6, 6.07) is 13.6. The lowest BCUT2D eigenvalue weighted by Gasteiger charge is -2.34. The van der Waals surface area contributed by atoms with Gasteiger partial charge in [-0.3, -0.25) is 9.59 Å². The predicted octanol–water partition coefficient (Wildman–Crippen LogP) is 2.57. The minimum Gasteiger partial charge on any atom is -0.349 e. The molecule has 10 heteroatoms. The van der Waals surface area contributed by atoms with Crippen LogP contribution in [0.1, 0.15) is 29.6 Å². The topological polar surface area (TPSA) is 98.8 Å². The van der Waals surface area contributed by atoms with Gasteiger partial charge in [-0.05, 0) is 37.1 Å². The molecule has 4 rings (SSSR count). The van der Waals surface area contributed by atoms with Crippen LogP contribution in [0.3, 0.4) is 0 Å². The van der Waals surface area contributed by atoms with E-state index in [4.69, 9.17) is 11.6 Å². The molecule has 2 aromatic rings. The highest BCUT2D eigenvalue weighted by Gasteiger charge is 2.30. The number of amides is 2. The van der Waals surface area contributed by atoms with Crippen molar-refractivity contribution in [2.45, 2.75) is 30.2 Å². The number of nitrogens with one attached hydrogen (secondary N) is 2. The number of benzene rings is 2. The van der Waals surface area contributed by atoms with Crippen LogP contribution in [-0.2, 0) is 14.8 Å². The molecule has 1 aliphatic heterocycles. The Morgan fingerprint density at radius 1 is 0.970 bits per heavy atom. The summed E-state index contributed by atoms with van der Waals surface area (Å²) in [5, 5.41) is 5.99. The molecule has 1 aliphatic carbocycles. The molecule has 1 saturated carbocycles. The highest BCUT2D eigenvalue weighted by Crippen LogP contribution is 2.25. The van der Waals surface area contributed by atoms with Gasteiger partial charge in [0.25, 0.3) is 5.91 Å². The first-order valence-corrected chi connectivity index (χ1v) is 12.8. The summed E-state index contributed by atoms with van der Waals surface area (Å²) in [5.41, 5.74) is 0.951. The van der Waals surface area contributed by atoms with E-state index in [1.54, 1.807) is 42.5 Å². The highest BCUT2D eigenvalue weighted by atomic mass is 35.5. The number of hydrogen-bond donors (Lipinski definition) is 2. The lowest BCUT2D eigenvalue weighted by atomic mass is 10.1. The normalized spacial score (nSPS) is 17.5. The number of carbonyl (C=O) groups is 2. The van der Waals surface area contributed by atoms with Gasteiger partial charge in [0.2, 0.25) is 15.9 Å². The molecule has 2 amide bonds. The van der Waals surface area contributed by atoms with E-state index in [0.717, 1.165) is 12.8 Å². The lowest BCUT2D eigenvalue weighted by molar-refractivity contribution is -0.116. The molecule has 0 atom stereocenters. The summed E-state index contributed by atoms with van der Waals surface area (Å²) in [6.07, 6.45) is 2.23. The Hall–Kier alpha value is -2.46. The summed E-state index contributed by atoms with van der Waals surface area (Å²) >= 11 is 6.08. The molecule has 2 aliphatic rings. The van der Waals surface area contributed by atoms with Gasteiger partial charge in [-0.2, -0.15) is 4.31 Å². The Balaban J connectivity index is 1.27. The van der Waals surface area contributed by atoms with Crippen LogP contribution in [0, 0.1) is 0 Å². The molecule has 0 aromatic heterocycles. The minimum atomic E-state index is -3.65. The average Bonchev–Trinajstić information content (AvgIpc) is 3.62. The standard InChI is InChI=1S/C23H27ClN4O4S/c24-19-6-2-4-8-21(19)33(31,32)28-15-13-27(14-16-28)12-11-22(29)26-20-7-3-1-5-18(20)23(30)25-17-9-10-17/h1-8,17H,9-16H2,(H,25,30)(H,26,29). The van der Waals surface area contributed by atoms with Crippen molar-refractivity contribution < 1.29 is 18.0 Å². The zero-order valence-corrected chi connectivity index (χ0v) is 19.7. The van der Waals surface area contributed by atoms with Gasteiger partial charge in [0, 0.05) is 45.2 Å². The summed E-state index contributed by atoms with van der Waals surface area (Å²) in [4.78, 5) is 27.1. The molecule has 176 valence electrons. The molecule has 2 N–H and O–H groups in total. The van der Waals surface area contributed by atoms with Gasteiger partial charge in [0.15, 0.2) is 0 Å². The van der Waals surface area contributed by atoms with Crippen molar-refractivity contribution in [1.82, 2.24) is 14.5 Å². The number of sulfonamides is 1. The molecule has 2 aromatic carbocycles. The van der Waals surface area contributed by atoms with E-state index in [-0.39, 0.29) is 34.2 Å². The van der Waals surface area contributed by atoms with E-state index in [1.165, 1.54) is 10.4 Å². The molecule has 0 spiro atoms. The average molecular weight is 491 g/mol. The zero-order valence-electron chi connectivity index (χ0n) is 18.2. The van der Waals surface area contributed by atoms with Gasteiger partial charge >= 0.3 is 0 Å². The van der Waals surface area contributed by atoms with Crippen LogP contribution >= 0.6 is 11.6 Å². The second-order valence-electron chi connectivity index (χ2n) is 8.27. The number of carbonyl (C=O) groups excluding carboxylic acids is 2. The Bertz CT molecular complexity index is 1130. The molecular weight excluding hydrogens is 464 g/mol. The van der Waals surface area contributed by atoms with Gasteiger partial charge in [0.05, 0.1) is 16.3 Å². The van der Waals surface area contributed by atoms with Crippen molar-refractivity contribution in [1.29, 1.82) is 0 Å². The fourth-order valence-corrected chi connectivity index (χ4v) is 5.66. The third-order valence-electron chi connectivity index (χ3n) is 5.80. The number of piperazine rings is 1. The molecule has 0 bridgehead atoms. The number of hydrogen-bond acceptors (Lipinski definition) is 5. The van der Waals surface area contributed by atoms with Crippen LogP contribution in [0.5, 0.6) is 0 Å². The molecule has 33 heavy (non-hydrogen) atoms. The van der Waals surface area contributed by atoms with Gasteiger partial charge in [0.1, 0.15) is 4.90 Å². The second-order valence-corrected chi connectivity index (χ2v) is 10.6. The highest BCUT2D eigenvalue weighted by molar-refractivity contribution is 7.89. The summed E-state index contributed by atoms with van der Waals surface area (Å²) < 4.78 is 27.2. The minimum absolute atomic E-state index is 0.115. The lowest BCUT2D eigenvalue weighted by Crippen LogP contribution is -2.49. The van der Waals surface area contributed by atoms with Crippen LogP contribution in [0.15, 0.2) is 53.4 Å². The van der Waals surface area contributed by atoms with E-state index in [9.17, 15) is 18.0 Å². The maximum absolute atomic E-state index is 12.9. The Labute approximate surface area is 198 Å². The Morgan fingerprint density at radius 2 is 1.64 bits per heavy atom. The first-order chi connectivity index (χ1) is 15.8. The van der Waals surface area contributed by atoms with Crippen LogP contribution in [0.2, 0.25) is 5.02 Å². The van der Waals surface area contributed by atoms with Crippen LogP contribution in [0.4, 0.5) is 5.69 Å². The SMILES string of the molecule is O=C(CCN1CCN(S(=O)(=O)c2ccccc2Cl)CC1)Nc1ccccc1C(=O)NC1CC1. The van der Waals surface area contributed by atoms with E-state index < -0.39 is 10.0 Å². The van der Waals surface area contributed by atoms with E-state index >= 15 is 0 Å². The van der Waals surface area contributed by atoms with Gasteiger partial charge in [-0.15, -0.1) is 0 Å². The number of anilines is 1. The third-order valence-corrected chi connectivity index (χ3v) is 8.20. The summed E-state index contributed by atoms with van der Waals surface area (Å²) in [5.74, 6) is -0.364. The molecule has 0 radical (unpaired) electrons. The Kier molecular flexibility index (Phi) is 7.33. The van der Waals surface area contributed by atoms with Crippen LogP contribution in [-0.4, -0.2) is 68.2 Å². The molecule has 1 saturated heterocycles. The number of halogens is 1. The second kappa shape index (κ2) is 10.2. The fraction of sp³-hybridized carbons (Fsp3) is 0.391. The van der Waals surface area contributed by atoms with Crippen molar-refractivity contribution in [3.8, 4) is 0 Å². The molecule has 0 unspecified atom stereocenters. The monoisotopic (exact) mass is 490 g/mol. The maximum atomic E-state index is 12.9. The molecule has 1 heterocycles. The maximum Gasteiger partial charge on any atom is 0.253 e. The number of nitrogens with zero attached hydrogens (tertiary/aromatic N) is 2. The van der Waals surface area contributed by atoms with Crippen molar-refractivity contribution in [3.63, 3.8) is 0 Å². The largest absolute Gasteiger partial charge is 0.349 e. The quantitative estimate of drug-likeness (QED) is 0.592. The van der Waals surface area contributed by atoms with Crippen molar-refractivity contribution >= 4 is 39.1 Å². The predicted molar refractivity (Wildman–Crippen MR) is 127 cm³/mol. The summed E-state index contributed by atoms with van der Waals surface area (Å²) in [6.45, 7) is 2.22. The van der Waals surface area contributed by atoms with Gasteiger partial charge in [-0.1, -0.05) is 35.9 Å². The first kappa shape index (κ1) is 23.7. The number of rotatable bonds is 8. The first-order valence-electron chi connectivity index (χ1n) is 11.0. The van der Waals surface area contributed by atoms with Crippen molar-refractivity contribution in [2.24, 2.45) is 0 Å². The molecular formula is C23H27ClN4O4S. The number of para-hydroxylation sites is 1. The van der Waals surface area contributed by atoms with E-state index in [0.29, 0.717) is 44.0 Å². The van der Waals surface area contributed by atoms with Gasteiger partial charge < -0.3 is 15.5 Å². The summed E-state index contributed by atoms with van der Waals surface area (Å²) in [7, 11) is -3.65. The fourth-order valence-electron chi connectivity index (χ4n) is 3.74. The van der Waals surface area contributed by atoms with E-state index in [1.807, 2.05) is 0 Å². The van der Waals surface area contributed by atoms with Crippen LogP contribution in [0.25, 0.3) is 0 Å². The Morgan fingerprint density at radius 3 is 2.33 bits per heavy atom. The molecule has 8 nitrogen and oxygen atoms in total. The van der Waals surface area contributed by atoms with Crippen molar-refractivity contribution in [3.05, 3.63) is 59.1 Å². The van der Waals surface area contributed by atoms with Gasteiger partial charge in [-0.25, -0.2) is 8.42 Å². The third kappa shape index (κ3) is 5.92. The van der Waals surface area contributed by atoms with E-state index in [2.05, 4.69) is 15.5 Å². The molecule has 2 fully saturated rings. The zero-order chi connectivity index (χ0) is 23.4. The van der Waals surface area contributed by atoms with Crippen LogP contribution < -0.4 is 10.6 Å². The smallest absolute Gasteiger partial charge is 0.253 e.